The van der Waals surface area contributed by atoms with Crippen molar-refractivity contribution in [2.75, 3.05) is 32.8 Å². The molecule has 31 heavy (non-hydrogen) atoms. The zero-order valence-electron chi connectivity index (χ0n) is 18.4. The summed E-state index contributed by atoms with van der Waals surface area (Å²) < 4.78 is 18.8. The van der Waals surface area contributed by atoms with Gasteiger partial charge < -0.3 is 15.0 Å². The molecule has 0 aliphatic carbocycles. The highest BCUT2D eigenvalue weighted by atomic mass is 35.5. The van der Waals surface area contributed by atoms with Crippen LogP contribution < -0.4 is 5.32 Å². The Bertz CT molecular complexity index is 933. The molecule has 9 heteroatoms. The fraction of sp³-hybridized carbons (Fsp3) is 0.636. The molecule has 0 radical (unpaired) electrons. The summed E-state index contributed by atoms with van der Waals surface area (Å²) in [5.74, 6) is 0.496. The van der Waals surface area contributed by atoms with Crippen molar-refractivity contribution in [1.82, 2.24) is 25.1 Å². The van der Waals surface area contributed by atoms with Gasteiger partial charge in [-0.1, -0.05) is 25.4 Å². The van der Waals surface area contributed by atoms with Crippen molar-refractivity contribution < 1.29 is 13.9 Å². The topological polar surface area (TPSA) is 73.5 Å². The van der Waals surface area contributed by atoms with E-state index in [0.717, 1.165) is 31.8 Å². The Labute approximate surface area is 187 Å². The molecule has 3 fully saturated rings. The molecule has 2 atom stereocenters. The number of benzene rings is 1. The van der Waals surface area contributed by atoms with E-state index in [4.69, 9.17) is 16.3 Å². The predicted molar refractivity (Wildman–Crippen MR) is 119 cm³/mol. The van der Waals surface area contributed by atoms with Gasteiger partial charge in [0, 0.05) is 25.2 Å². The van der Waals surface area contributed by atoms with E-state index in [1.807, 2.05) is 20.8 Å². The van der Waals surface area contributed by atoms with Crippen LogP contribution in [0.4, 0.5) is 4.39 Å². The minimum Gasteiger partial charge on any atom is -0.376 e. The summed E-state index contributed by atoms with van der Waals surface area (Å²) in [5.41, 5.74) is 1.02. The number of piperazine rings is 1. The fourth-order valence-corrected chi connectivity index (χ4v) is 5.12. The van der Waals surface area contributed by atoms with Gasteiger partial charge >= 0.3 is 0 Å². The van der Waals surface area contributed by atoms with Crippen molar-refractivity contribution in [3.05, 3.63) is 28.8 Å². The van der Waals surface area contributed by atoms with Crippen molar-refractivity contribution in [3.8, 4) is 0 Å². The Morgan fingerprint density at radius 3 is 2.61 bits per heavy atom. The van der Waals surface area contributed by atoms with Crippen LogP contribution in [-0.4, -0.2) is 76.1 Å². The van der Waals surface area contributed by atoms with Gasteiger partial charge in [-0.15, -0.1) is 0 Å². The first-order valence-corrected chi connectivity index (χ1v) is 11.5. The van der Waals surface area contributed by atoms with Gasteiger partial charge in [-0.25, -0.2) is 9.37 Å². The van der Waals surface area contributed by atoms with Crippen LogP contribution in [0.25, 0.3) is 11.0 Å². The monoisotopic (exact) mass is 451 g/mol. The molecule has 2 unspecified atom stereocenters. The molecule has 3 saturated heterocycles. The van der Waals surface area contributed by atoms with Crippen LogP contribution in [0.15, 0.2) is 12.1 Å². The largest absolute Gasteiger partial charge is 0.376 e. The number of carbonyl (C=O) groups excluding carboxylic acids is 1. The SMILES string of the molecule is CC.CC1(NC(=O)CN2C3CCC2CN(Cc2nc4c(Cl)cc(F)cc4[nH]2)C3)COC1. The molecule has 2 N–H and O–H groups in total. The second kappa shape index (κ2) is 9.02. The molecule has 4 heterocycles. The third kappa shape index (κ3) is 4.72. The van der Waals surface area contributed by atoms with Crippen LogP contribution >= 0.6 is 11.6 Å². The number of carbonyl (C=O) groups is 1. The summed E-state index contributed by atoms with van der Waals surface area (Å²) in [7, 11) is 0. The van der Waals surface area contributed by atoms with Crippen molar-refractivity contribution in [2.24, 2.45) is 0 Å². The Morgan fingerprint density at radius 1 is 1.32 bits per heavy atom. The third-order valence-corrected chi connectivity index (χ3v) is 6.53. The number of fused-ring (bicyclic) bond motifs is 3. The first-order valence-electron chi connectivity index (χ1n) is 11.1. The first-order chi connectivity index (χ1) is 14.9. The number of nitrogens with one attached hydrogen (secondary N) is 2. The summed E-state index contributed by atoms with van der Waals surface area (Å²) in [6.45, 7) is 10.1. The quantitative estimate of drug-likeness (QED) is 0.731. The van der Waals surface area contributed by atoms with Crippen LogP contribution in [0.5, 0.6) is 0 Å². The molecule has 7 nitrogen and oxygen atoms in total. The summed E-state index contributed by atoms with van der Waals surface area (Å²) in [4.78, 5) is 24.9. The molecule has 170 valence electrons. The number of ether oxygens (including phenoxy) is 1. The summed E-state index contributed by atoms with van der Waals surface area (Å²) in [5, 5.41) is 3.43. The lowest BCUT2D eigenvalue weighted by atomic mass is 10.0. The average Bonchev–Trinajstić information content (AvgIpc) is 3.19. The van der Waals surface area contributed by atoms with Gasteiger partial charge in [0.15, 0.2) is 0 Å². The standard InChI is InChI=1S/C20H25ClFN5O2.C2H6/c1-20(10-29-11-20)25-18(28)9-27-13-2-3-14(27)7-26(6-13)8-17-23-16-5-12(22)4-15(21)19(16)24-17;1-2/h4-5,13-14H,2-3,6-11H2,1H3,(H,23,24)(H,25,28);1-2H3. The lowest BCUT2D eigenvalue weighted by molar-refractivity contribution is -0.133. The average molecular weight is 452 g/mol. The molecular weight excluding hydrogens is 421 g/mol. The van der Waals surface area contributed by atoms with Crippen LogP contribution in [0.1, 0.15) is 39.4 Å². The number of rotatable bonds is 5. The van der Waals surface area contributed by atoms with Crippen molar-refractivity contribution >= 4 is 28.5 Å². The Morgan fingerprint density at radius 2 is 2.00 bits per heavy atom. The second-order valence-corrected chi connectivity index (χ2v) is 9.23. The normalized spacial score (nSPS) is 25.1. The van der Waals surface area contributed by atoms with E-state index in [1.54, 1.807) is 0 Å². The number of aromatic amines is 1. The Kier molecular flexibility index (Phi) is 6.53. The van der Waals surface area contributed by atoms with Crippen LogP contribution in [0.2, 0.25) is 5.02 Å². The summed E-state index contributed by atoms with van der Waals surface area (Å²) in [6, 6.07) is 3.45. The van der Waals surface area contributed by atoms with E-state index in [2.05, 4.69) is 25.1 Å². The molecule has 3 aliphatic heterocycles. The van der Waals surface area contributed by atoms with Gasteiger partial charge in [-0.05, 0) is 31.9 Å². The molecule has 2 bridgehead atoms. The highest BCUT2D eigenvalue weighted by Gasteiger charge is 2.42. The van der Waals surface area contributed by atoms with Crippen molar-refractivity contribution in [3.63, 3.8) is 0 Å². The van der Waals surface area contributed by atoms with E-state index >= 15 is 0 Å². The van der Waals surface area contributed by atoms with Gasteiger partial charge in [-0.3, -0.25) is 14.6 Å². The van der Waals surface area contributed by atoms with Crippen LogP contribution in [0.3, 0.4) is 0 Å². The predicted octanol–water partition coefficient (Wildman–Crippen LogP) is 2.94. The number of nitrogens with zero attached hydrogens (tertiary/aromatic N) is 3. The van der Waals surface area contributed by atoms with E-state index in [0.29, 0.717) is 54.4 Å². The van der Waals surface area contributed by atoms with Crippen LogP contribution in [0, 0.1) is 5.82 Å². The second-order valence-electron chi connectivity index (χ2n) is 8.82. The van der Waals surface area contributed by atoms with Gasteiger partial charge in [0.05, 0.1) is 42.4 Å². The zero-order valence-corrected chi connectivity index (χ0v) is 19.1. The number of halogens is 2. The van der Waals surface area contributed by atoms with Crippen LogP contribution in [-0.2, 0) is 16.1 Å². The summed E-state index contributed by atoms with van der Waals surface area (Å²) in [6.07, 6.45) is 2.21. The van der Waals surface area contributed by atoms with Crippen molar-refractivity contribution in [2.45, 2.75) is 57.8 Å². The Balaban J connectivity index is 0.00000112. The molecule has 0 spiro atoms. The first kappa shape index (κ1) is 22.5. The molecule has 3 aliphatic rings. The maximum absolute atomic E-state index is 13.6. The van der Waals surface area contributed by atoms with E-state index in [-0.39, 0.29) is 17.3 Å². The third-order valence-electron chi connectivity index (χ3n) is 6.24. The number of imidazole rings is 1. The van der Waals surface area contributed by atoms with Gasteiger partial charge in [0.1, 0.15) is 17.2 Å². The fourth-order valence-electron chi connectivity index (χ4n) is 4.87. The minimum absolute atomic E-state index is 0.0788. The molecule has 1 aromatic heterocycles. The van der Waals surface area contributed by atoms with Crippen molar-refractivity contribution in [1.29, 1.82) is 0 Å². The lowest BCUT2D eigenvalue weighted by Gasteiger charge is -2.42. The number of hydrogen-bond acceptors (Lipinski definition) is 5. The number of H-pyrrole nitrogens is 1. The van der Waals surface area contributed by atoms with Gasteiger partial charge in [-0.2, -0.15) is 0 Å². The van der Waals surface area contributed by atoms with E-state index in [1.165, 1.54) is 12.1 Å². The lowest BCUT2D eigenvalue weighted by Crippen LogP contribution is -2.62. The summed E-state index contributed by atoms with van der Waals surface area (Å²) >= 11 is 6.11. The minimum atomic E-state index is -0.370. The number of hydrogen-bond donors (Lipinski definition) is 2. The maximum Gasteiger partial charge on any atom is 0.234 e. The molecular formula is C22H31ClFN5O2. The number of likely N-dealkylation sites (tertiary alicyclic amines) is 1. The number of aromatic nitrogens is 2. The van der Waals surface area contributed by atoms with E-state index < -0.39 is 0 Å². The van der Waals surface area contributed by atoms with E-state index in [9.17, 15) is 9.18 Å². The number of amides is 1. The van der Waals surface area contributed by atoms with Gasteiger partial charge in [0.25, 0.3) is 0 Å². The maximum atomic E-state index is 13.6. The molecule has 1 amide bonds. The molecule has 2 aromatic rings. The molecule has 5 rings (SSSR count). The Hall–Kier alpha value is -1.74. The van der Waals surface area contributed by atoms with Gasteiger partial charge in [0.2, 0.25) is 5.91 Å². The molecule has 1 aromatic carbocycles. The highest BCUT2D eigenvalue weighted by Crippen LogP contribution is 2.31. The zero-order chi connectivity index (χ0) is 22.2. The highest BCUT2D eigenvalue weighted by molar-refractivity contribution is 6.34. The smallest absolute Gasteiger partial charge is 0.234 e. The molecule has 0 saturated carbocycles.